The second-order valence-corrected chi connectivity index (χ2v) is 5.36. The molecule has 114 valence electrons. The summed E-state index contributed by atoms with van der Waals surface area (Å²) in [6, 6.07) is 6.32. The zero-order chi connectivity index (χ0) is 15.2. The number of aliphatic hydroxyl groups excluding tert-OH is 2. The molecule has 0 fully saturated rings. The predicted octanol–water partition coefficient (Wildman–Crippen LogP) is 0.353. The van der Waals surface area contributed by atoms with Gasteiger partial charge in [-0.05, 0) is 18.7 Å². The van der Waals surface area contributed by atoms with Gasteiger partial charge in [-0.15, -0.1) is 10.2 Å². The Kier molecular flexibility index (Phi) is 5.68. The Hall–Kier alpha value is -1.48. The van der Waals surface area contributed by atoms with Crippen molar-refractivity contribution in [1.82, 2.24) is 14.8 Å². The van der Waals surface area contributed by atoms with Crippen LogP contribution in [0.3, 0.4) is 0 Å². The highest BCUT2D eigenvalue weighted by Gasteiger charge is 2.17. The molecule has 1 atom stereocenters. The van der Waals surface area contributed by atoms with E-state index in [-0.39, 0.29) is 18.2 Å². The van der Waals surface area contributed by atoms with Crippen molar-refractivity contribution < 1.29 is 14.6 Å². The summed E-state index contributed by atoms with van der Waals surface area (Å²) in [7, 11) is 0. The van der Waals surface area contributed by atoms with Crippen molar-refractivity contribution in [3.8, 4) is 5.69 Å². The number of aliphatic hydroxyl groups is 2. The molecule has 0 saturated carbocycles. The average molecular weight is 312 g/mol. The Balaban J connectivity index is 2.36. The van der Waals surface area contributed by atoms with E-state index in [4.69, 9.17) is 10.8 Å². The fourth-order valence-electron chi connectivity index (χ4n) is 1.78. The van der Waals surface area contributed by atoms with Gasteiger partial charge in [0.25, 0.3) is 0 Å². The number of halogens is 1. The van der Waals surface area contributed by atoms with E-state index in [0.717, 1.165) is 0 Å². The zero-order valence-corrected chi connectivity index (χ0v) is 12.1. The van der Waals surface area contributed by atoms with Crippen LogP contribution in [-0.2, 0) is 6.42 Å². The van der Waals surface area contributed by atoms with Gasteiger partial charge in [0, 0.05) is 12.2 Å². The molecule has 0 bridgehead atoms. The number of aromatic nitrogens is 3. The molecule has 1 heterocycles. The first kappa shape index (κ1) is 15.9. The molecule has 0 aliphatic heterocycles. The van der Waals surface area contributed by atoms with E-state index in [1.54, 1.807) is 22.8 Å². The molecule has 6 nitrogen and oxygen atoms in total. The summed E-state index contributed by atoms with van der Waals surface area (Å²) >= 11 is 1.20. The zero-order valence-electron chi connectivity index (χ0n) is 11.3. The lowest BCUT2D eigenvalue weighted by molar-refractivity contribution is 0.113. The van der Waals surface area contributed by atoms with E-state index in [9.17, 15) is 9.50 Å². The van der Waals surface area contributed by atoms with Crippen molar-refractivity contribution in [3.63, 3.8) is 0 Å². The molecule has 0 radical (unpaired) electrons. The van der Waals surface area contributed by atoms with E-state index in [1.165, 1.54) is 17.8 Å². The van der Waals surface area contributed by atoms with E-state index < -0.39 is 6.10 Å². The first-order chi connectivity index (χ1) is 10.2. The Morgan fingerprint density at radius 1 is 1.33 bits per heavy atom. The van der Waals surface area contributed by atoms with Crippen LogP contribution in [0, 0.1) is 5.82 Å². The van der Waals surface area contributed by atoms with Gasteiger partial charge in [-0.25, -0.2) is 4.39 Å². The quantitative estimate of drug-likeness (QED) is 0.639. The summed E-state index contributed by atoms with van der Waals surface area (Å²) in [5, 5.41) is 26.8. The summed E-state index contributed by atoms with van der Waals surface area (Å²) in [6.45, 7) is 0.0347. The fourth-order valence-corrected chi connectivity index (χ4v) is 2.66. The van der Waals surface area contributed by atoms with Crippen LogP contribution in [-0.4, -0.2) is 50.0 Å². The number of hydrogen-bond donors (Lipinski definition) is 3. The van der Waals surface area contributed by atoms with Gasteiger partial charge >= 0.3 is 0 Å². The lowest BCUT2D eigenvalue weighted by atomic mass is 10.3. The highest BCUT2D eigenvalue weighted by Crippen LogP contribution is 2.24. The average Bonchev–Trinajstić information content (AvgIpc) is 2.88. The Labute approximate surface area is 125 Å². The lowest BCUT2D eigenvalue weighted by Gasteiger charge is -2.11. The van der Waals surface area contributed by atoms with Crippen LogP contribution >= 0.6 is 11.8 Å². The normalized spacial score (nSPS) is 12.6. The first-order valence-corrected chi connectivity index (χ1v) is 7.47. The summed E-state index contributed by atoms with van der Waals surface area (Å²) in [6.07, 6.45) is -0.400. The molecule has 2 aromatic rings. The third kappa shape index (κ3) is 3.79. The van der Waals surface area contributed by atoms with Crippen LogP contribution in [0.5, 0.6) is 0 Å². The molecule has 4 N–H and O–H groups in total. The molecule has 0 saturated heterocycles. The molecule has 1 aromatic heterocycles. The highest BCUT2D eigenvalue weighted by atomic mass is 32.2. The number of rotatable bonds is 7. The number of para-hydroxylation sites is 1. The van der Waals surface area contributed by atoms with Gasteiger partial charge in [-0.3, -0.25) is 4.57 Å². The molecular formula is C13H17FN4O2S. The van der Waals surface area contributed by atoms with Crippen molar-refractivity contribution in [2.24, 2.45) is 5.73 Å². The predicted molar refractivity (Wildman–Crippen MR) is 77.9 cm³/mol. The van der Waals surface area contributed by atoms with Crippen molar-refractivity contribution in [1.29, 1.82) is 0 Å². The lowest BCUT2D eigenvalue weighted by Crippen LogP contribution is -2.15. The van der Waals surface area contributed by atoms with Gasteiger partial charge < -0.3 is 15.9 Å². The van der Waals surface area contributed by atoms with E-state index in [1.807, 2.05) is 0 Å². The summed E-state index contributed by atoms with van der Waals surface area (Å²) in [4.78, 5) is 0. The topological polar surface area (TPSA) is 97.2 Å². The van der Waals surface area contributed by atoms with Crippen molar-refractivity contribution in [3.05, 3.63) is 35.9 Å². The van der Waals surface area contributed by atoms with Crippen LogP contribution in [0.15, 0.2) is 29.4 Å². The number of thioether (sulfide) groups is 1. The van der Waals surface area contributed by atoms with E-state index >= 15 is 0 Å². The summed E-state index contributed by atoms with van der Waals surface area (Å²) in [5.74, 6) is 0.412. The second kappa shape index (κ2) is 7.51. The molecule has 1 aromatic carbocycles. The molecule has 0 aliphatic rings. The molecule has 2 rings (SSSR count). The van der Waals surface area contributed by atoms with Crippen molar-refractivity contribution in [2.75, 3.05) is 18.9 Å². The maximum atomic E-state index is 14.0. The van der Waals surface area contributed by atoms with Gasteiger partial charge in [0.2, 0.25) is 0 Å². The summed E-state index contributed by atoms with van der Waals surface area (Å²) in [5.41, 5.74) is 5.88. The molecule has 0 spiro atoms. The fraction of sp³-hybridized carbons (Fsp3) is 0.385. The Morgan fingerprint density at radius 3 is 2.76 bits per heavy atom. The van der Waals surface area contributed by atoms with Crippen LogP contribution in [0.4, 0.5) is 4.39 Å². The SMILES string of the molecule is NCCc1nnc(SCC(O)CO)n1-c1ccccc1F. The molecule has 0 aliphatic carbocycles. The van der Waals surface area contributed by atoms with Crippen LogP contribution in [0.25, 0.3) is 5.69 Å². The Bertz CT molecular complexity index is 593. The Morgan fingerprint density at radius 2 is 2.10 bits per heavy atom. The molecular weight excluding hydrogens is 295 g/mol. The number of nitrogens with zero attached hydrogens (tertiary/aromatic N) is 3. The molecule has 8 heteroatoms. The van der Waals surface area contributed by atoms with Crippen molar-refractivity contribution in [2.45, 2.75) is 17.7 Å². The third-order valence-corrected chi connectivity index (χ3v) is 3.85. The van der Waals surface area contributed by atoms with E-state index in [0.29, 0.717) is 29.6 Å². The third-order valence-electron chi connectivity index (χ3n) is 2.78. The highest BCUT2D eigenvalue weighted by molar-refractivity contribution is 7.99. The standard InChI is InChI=1S/C13H17FN4O2S/c14-10-3-1-2-4-11(10)18-12(5-6-15)16-17-13(18)21-8-9(20)7-19/h1-4,9,19-20H,5-8,15H2. The van der Waals surface area contributed by atoms with Gasteiger partial charge in [-0.1, -0.05) is 23.9 Å². The number of nitrogens with two attached hydrogens (primary N) is 1. The number of hydrogen-bond acceptors (Lipinski definition) is 6. The van der Waals surface area contributed by atoms with Crippen LogP contribution in [0.1, 0.15) is 5.82 Å². The van der Waals surface area contributed by atoms with Gasteiger partial charge in [0.15, 0.2) is 5.16 Å². The van der Waals surface area contributed by atoms with Gasteiger partial charge in [0.1, 0.15) is 11.6 Å². The minimum atomic E-state index is -0.862. The van der Waals surface area contributed by atoms with Crippen LogP contribution in [0.2, 0.25) is 0 Å². The largest absolute Gasteiger partial charge is 0.394 e. The van der Waals surface area contributed by atoms with Crippen molar-refractivity contribution >= 4 is 11.8 Å². The van der Waals surface area contributed by atoms with Gasteiger partial charge in [-0.2, -0.15) is 0 Å². The minimum Gasteiger partial charge on any atom is -0.394 e. The first-order valence-electron chi connectivity index (χ1n) is 6.48. The van der Waals surface area contributed by atoms with Gasteiger partial charge in [0.05, 0.1) is 18.4 Å². The number of benzene rings is 1. The maximum Gasteiger partial charge on any atom is 0.196 e. The summed E-state index contributed by atoms with van der Waals surface area (Å²) < 4.78 is 15.6. The molecule has 1 unspecified atom stereocenters. The minimum absolute atomic E-state index is 0.242. The van der Waals surface area contributed by atoms with E-state index in [2.05, 4.69) is 10.2 Å². The molecule has 0 amide bonds. The van der Waals surface area contributed by atoms with Crippen LogP contribution < -0.4 is 5.73 Å². The monoisotopic (exact) mass is 312 g/mol. The second-order valence-electron chi connectivity index (χ2n) is 4.37. The smallest absolute Gasteiger partial charge is 0.196 e. The molecule has 21 heavy (non-hydrogen) atoms. The maximum absolute atomic E-state index is 14.0.